The summed E-state index contributed by atoms with van der Waals surface area (Å²) >= 11 is 0. The van der Waals surface area contributed by atoms with Crippen LogP contribution < -0.4 is 10.6 Å². The third-order valence-corrected chi connectivity index (χ3v) is 3.85. The van der Waals surface area contributed by atoms with Gasteiger partial charge in [0.15, 0.2) is 0 Å². The number of amides is 1. The lowest BCUT2D eigenvalue weighted by Crippen LogP contribution is -2.32. The fourth-order valence-corrected chi connectivity index (χ4v) is 2.77. The molecule has 0 aliphatic carbocycles. The van der Waals surface area contributed by atoms with E-state index >= 15 is 0 Å². The van der Waals surface area contributed by atoms with Crippen LogP contribution in [0.25, 0.3) is 0 Å². The van der Waals surface area contributed by atoms with Gasteiger partial charge >= 0.3 is 0 Å². The van der Waals surface area contributed by atoms with E-state index in [0.29, 0.717) is 18.0 Å². The van der Waals surface area contributed by atoms with Crippen molar-refractivity contribution in [1.29, 1.82) is 0 Å². The van der Waals surface area contributed by atoms with E-state index in [-0.39, 0.29) is 12.0 Å². The smallest absolute Gasteiger partial charge is 0.251 e. The average molecular weight is 291 g/mol. The molecular formula is C16H25N3O2. The summed E-state index contributed by atoms with van der Waals surface area (Å²) in [5.41, 5.74) is 1.50. The van der Waals surface area contributed by atoms with Gasteiger partial charge in [-0.1, -0.05) is 6.92 Å². The standard InChI is InChI=1S/C16H25N3O2/c1-4-14-12(6-7-21-14)10-18-16(20)13-8-11(3)19-15(9-13)17-5-2/h8-9,12,14H,4-7,10H2,1-3H3,(H,17,19)(H,18,20). The van der Waals surface area contributed by atoms with E-state index in [4.69, 9.17) is 4.74 Å². The molecule has 0 aromatic carbocycles. The molecule has 5 nitrogen and oxygen atoms in total. The molecule has 1 saturated heterocycles. The quantitative estimate of drug-likeness (QED) is 0.844. The monoisotopic (exact) mass is 291 g/mol. The number of aryl methyl sites for hydroxylation is 1. The Bertz CT molecular complexity index is 490. The maximum atomic E-state index is 12.3. The number of hydrogen-bond acceptors (Lipinski definition) is 4. The largest absolute Gasteiger partial charge is 0.378 e. The molecule has 0 radical (unpaired) electrons. The Hall–Kier alpha value is -1.62. The van der Waals surface area contributed by atoms with Crippen LogP contribution in [0.5, 0.6) is 0 Å². The fraction of sp³-hybridized carbons (Fsp3) is 0.625. The van der Waals surface area contributed by atoms with Crippen LogP contribution in [0.2, 0.25) is 0 Å². The summed E-state index contributed by atoms with van der Waals surface area (Å²) in [7, 11) is 0. The molecule has 1 aromatic rings. The molecule has 2 unspecified atom stereocenters. The van der Waals surface area contributed by atoms with Gasteiger partial charge in [-0.05, 0) is 38.8 Å². The lowest BCUT2D eigenvalue weighted by Gasteiger charge is -2.17. The van der Waals surface area contributed by atoms with Gasteiger partial charge in [0.05, 0.1) is 6.10 Å². The normalized spacial score (nSPS) is 21.3. The number of pyridine rings is 1. The second-order valence-corrected chi connectivity index (χ2v) is 5.49. The number of ether oxygens (including phenoxy) is 1. The van der Waals surface area contributed by atoms with E-state index < -0.39 is 0 Å². The number of nitrogens with one attached hydrogen (secondary N) is 2. The van der Waals surface area contributed by atoms with Crippen LogP contribution in [0.4, 0.5) is 5.82 Å². The minimum Gasteiger partial charge on any atom is -0.378 e. The van der Waals surface area contributed by atoms with Crippen molar-refractivity contribution in [2.24, 2.45) is 5.92 Å². The molecule has 2 atom stereocenters. The number of anilines is 1. The zero-order chi connectivity index (χ0) is 15.2. The number of rotatable bonds is 6. The average Bonchev–Trinajstić information content (AvgIpc) is 2.92. The van der Waals surface area contributed by atoms with Gasteiger partial charge < -0.3 is 15.4 Å². The summed E-state index contributed by atoms with van der Waals surface area (Å²) in [6.45, 7) is 8.30. The molecule has 0 spiro atoms. The summed E-state index contributed by atoms with van der Waals surface area (Å²) in [6.07, 6.45) is 2.30. The van der Waals surface area contributed by atoms with E-state index in [1.54, 1.807) is 6.07 Å². The van der Waals surface area contributed by atoms with E-state index in [0.717, 1.165) is 37.5 Å². The lowest BCUT2D eigenvalue weighted by atomic mass is 9.99. The van der Waals surface area contributed by atoms with Crippen LogP contribution in [0.3, 0.4) is 0 Å². The Morgan fingerprint density at radius 2 is 2.24 bits per heavy atom. The first-order valence-corrected chi connectivity index (χ1v) is 7.76. The van der Waals surface area contributed by atoms with Crippen LogP contribution in [0.15, 0.2) is 12.1 Å². The Kier molecular flexibility index (Phi) is 5.56. The van der Waals surface area contributed by atoms with Crippen LogP contribution in [0.1, 0.15) is 42.7 Å². The van der Waals surface area contributed by atoms with Crippen LogP contribution in [0, 0.1) is 12.8 Å². The molecule has 1 amide bonds. The van der Waals surface area contributed by atoms with E-state index in [9.17, 15) is 4.79 Å². The highest BCUT2D eigenvalue weighted by molar-refractivity contribution is 5.95. The topological polar surface area (TPSA) is 63.2 Å². The van der Waals surface area contributed by atoms with Gasteiger partial charge in [0, 0.05) is 36.9 Å². The van der Waals surface area contributed by atoms with Crippen LogP contribution in [-0.2, 0) is 4.74 Å². The number of carbonyl (C=O) groups excluding carboxylic acids is 1. The fourth-order valence-electron chi connectivity index (χ4n) is 2.77. The third kappa shape index (κ3) is 4.17. The maximum Gasteiger partial charge on any atom is 0.251 e. The lowest BCUT2D eigenvalue weighted by molar-refractivity contribution is 0.0827. The molecule has 2 heterocycles. The number of hydrogen-bond donors (Lipinski definition) is 2. The third-order valence-electron chi connectivity index (χ3n) is 3.85. The highest BCUT2D eigenvalue weighted by Crippen LogP contribution is 2.22. The Morgan fingerprint density at radius 3 is 2.95 bits per heavy atom. The van der Waals surface area contributed by atoms with Gasteiger partial charge in [0.2, 0.25) is 0 Å². The summed E-state index contributed by atoms with van der Waals surface area (Å²) in [5.74, 6) is 1.13. The van der Waals surface area contributed by atoms with E-state index in [1.165, 1.54) is 0 Å². The number of aromatic nitrogens is 1. The Morgan fingerprint density at radius 1 is 1.43 bits per heavy atom. The van der Waals surface area contributed by atoms with Crippen molar-refractivity contribution in [3.05, 3.63) is 23.4 Å². The molecule has 1 aromatic heterocycles. The second kappa shape index (κ2) is 7.41. The molecule has 21 heavy (non-hydrogen) atoms. The molecule has 1 aliphatic heterocycles. The summed E-state index contributed by atoms with van der Waals surface area (Å²) < 4.78 is 5.65. The zero-order valence-electron chi connectivity index (χ0n) is 13.1. The van der Waals surface area contributed by atoms with Gasteiger partial charge in [-0.15, -0.1) is 0 Å². The van der Waals surface area contributed by atoms with Crippen LogP contribution >= 0.6 is 0 Å². The molecule has 1 fully saturated rings. The summed E-state index contributed by atoms with van der Waals surface area (Å²) in [4.78, 5) is 16.7. The molecule has 5 heteroatoms. The minimum absolute atomic E-state index is 0.0404. The maximum absolute atomic E-state index is 12.3. The molecule has 2 N–H and O–H groups in total. The van der Waals surface area contributed by atoms with Gasteiger partial charge in [-0.25, -0.2) is 4.98 Å². The predicted molar refractivity (Wildman–Crippen MR) is 83.6 cm³/mol. The van der Waals surface area contributed by atoms with Crippen molar-refractivity contribution in [2.75, 3.05) is 25.0 Å². The van der Waals surface area contributed by atoms with Crippen molar-refractivity contribution in [1.82, 2.24) is 10.3 Å². The molecule has 0 saturated carbocycles. The number of nitrogens with zero attached hydrogens (tertiary/aromatic N) is 1. The van der Waals surface area contributed by atoms with Crippen molar-refractivity contribution >= 4 is 11.7 Å². The highest BCUT2D eigenvalue weighted by atomic mass is 16.5. The summed E-state index contributed by atoms with van der Waals surface area (Å²) in [6, 6.07) is 3.62. The zero-order valence-corrected chi connectivity index (χ0v) is 13.1. The molecule has 1 aliphatic rings. The molecular weight excluding hydrogens is 266 g/mol. The minimum atomic E-state index is -0.0404. The first kappa shape index (κ1) is 15.8. The molecule has 0 bridgehead atoms. The van der Waals surface area contributed by atoms with Gasteiger partial charge in [0.25, 0.3) is 5.91 Å². The van der Waals surface area contributed by atoms with Crippen LogP contribution in [-0.4, -0.2) is 36.7 Å². The van der Waals surface area contributed by atoms with Crippen molar-refractivity contribution in [3.8, 4) is 0 Å². The second-order valence-electron chi connectivity index (χ2n) is 5.49. The van der Waals surface area contributed by atoms with Gasteiger partial charge in [-0.2, -0.15) is 0 Å². The van der Waals surface area contributed by atoms with E-state index in [1.807, 2.05) is 19.9 Å². The SMILES string of the molecule is CCNc1cc(C(=O)NCC2CCOC2CC)cc(C)n1. The number of carbonyl (C=O) groups is 1. The van der Waals surface area contributed by atoms with Gasteiger partial charge in [-0.3, -0.25) is 4.79 Å². The first-order valence-electron chi connectivity index (χ1n) is 7.76. The Labute approximate surface area is 126 Å². The van der Waals surface area contributed by atoms with E-state index in [2.05, 4.69) is 22.5 Å². The van der Waals surface area contributed by atoms with Gasteiger partial charge in [0.1, 0.15) is 5.82 Å². The van der Waals surface area contributed by atoms with Crippen molar-refractivity contribution in [2.45, 2.75) is 39.7 Å². The first-order chi connectivity index (χ1) is 10.1. The Balaban J connectivity index is 1.96. The van der Waals surface area contributed by atoms with Crippen molar-refractivity contribution in [3.63, 3.8) is 0 Å². The highest BCUT2D eigenvalue weighted by Gasteiger charge is 2.26. The molecule has 2 rings (SSSR count). The van der Waals surface area contributed by atoms with Crippen molar-refractivity contribution < 1.29 is 9.53 Å². The molecule has 116 valence electrons. The summed E-state index contributed by atoms with van der Waals surface area (Å²) in [5, 5.41) is 6.17. The predicted octanol–water partition coefficient (Wildman–Crippen LogP) is 2.37.